The van der Waals surface area contributed by atoms with Crippen molar-refractivity contribution >= 4 is 16.9 Å². The molecule has 2 aromatic rings. The van der Waals surface area contributed by atoms with Gasteiger partial charge >= 0.3 is 0 Å². The van der Waals surface area contributed by atoms with Crippen molar-refractivity contribution in [1.29, 1.82) is 0 Å². The van der Waals surface area contributed by atoms with Gasteiger partial charge in [-0.05, 0) is 50.9 Å². The average Bonchev–Trinajstić information content (AvgIpc) is 2.95. The fraction of sp³-hybridized carbons (Fsp3) is 0.500. The van der Waals surface area contributed by atoms with E-state index in [0.717, 1.165) is 18.5 Å². The predicted octanol–water partition coefficient (Wildman–Crippen LogP) is 2.04. The van der Waals surface area contributed by atoms with E-state index in [4.69, 9.17) is 4.42 Å². The molecule has 21 heavy (non-hydrogen) atoms. The lowest BCUT2D eigenvalue weighted by atomic mass is 9.79. The molecule has 110 valence electrons. The Hall–Kier alpha value is -1.88. The molecule has 0 saturated carbocycles. The Morgan fingerprint density at radius 3 is 2.95 bits per heavy atom. The lowest BCUT2D eigenvalue weighted by Crippen LogP contribution is -2.62. The predicted molar refractivity (Wildman–Crippen MR) is 79.0 cm³/mol. The van der Waals surface area contributed by atoms with E-state index in [-0.39, 0.29) is 11.9 Å². The van der Waals surface area contributed by atoms with Crippen molar-refractivity contribution in [2.45, 2.75) is 31.8 Å². The molecule has 0 spiro atoms. The van der Waals surface area contributed by atoms with Crippen LogP contribution >= 0.6 is 0 Å². The third-order valence-corrected chi connectivity index (χ3v) is 5.02. The zero-order valence-electron chi connectivity index (χ0n) is 12.1. The van der Waals surface area contributed by atoms with Gasteiger partial charge < -0.3 is 9.73 Å². The molecule has 2 bridgehead atoms. The Morgan fingerprint density at radius 2 is 2.24 bits per heavy atom. The minimum absolute atomic E-state index is 0.114. The second-order valence-electron chi connectivity index (χ2n) is 6.14. The van der Waals surface area contributed by atoms with Crippen LogP contribution in [-0.4, -0.2) is 41.0 Å². The molecule has 0 aromatic carbocycles. The van der Waals surface area contributed by atoms with Gasteiger partial charge in [-0.15, -0.1) is 0 Å². The summed E-state index contributed by atoms with van der Waals surface area (Å²) in [5.41, 5.74) is 0.657. The van der Waals surface area contributed by atoms with Crippen molar-refractivity contribution in [2.75, 3.05) is 13.1 Å². The zero-order valence-corrected chi connectivity index (χ0v) is 12.1. The van der Waals surface area contributed by atoms with Gasteiger partial charge in [-0.2, -0.15) is 0 Å². The highest BCUT2D eigenvalue weighted by atomic mass is 16.3. The number of amides is 1. The summed E-state index contributed by atoms with van der Waals surface area (Å²) in [6.07, 6.45) is 5.71. The Balaban J connectivity index is 1.55. The molecule has 5 rings (SSSR count). The van der Waals surface area contributed by atoms with Crippen LogP contribution in [0.1, 0.15) is 30.3 Å². The lowest BCUT2D eigenvalue weighted by Gasteiger charge is -2.49. The van der Waals surface area contributed by atoms with Crippen molar-refractivity contribution in [3.8, 4) is 0 Å². The number of carbonyl (C=O) groups is 1. The van der Waals surface area contributed by atoms with Gasteiger partial charge in [0.1, 0.15) is 0 Å². The Labute approximate surface area is 123 Å². The molecule has 3 aliphatic heterocycles. The minimum atomic E-state index is -0.114. The molecule has 3 saturated heterocycles. The first-order valence-corrected chi connectivity index (χ1v) is 7.61. The first kappa shape index (κ1) is 12.8. The Kier molecular flexibility index (Phi) is 2.96. The monoisotopic (exact) mass is 285 g/mol. The highest BCUT2D eigenvalue weighted by Gasteiger charge is 2.40. The second kappa shape index (κ2) is 4.84. The quantitative estimate of drug-likeness (QED) is 0.917. The van der Waals surface area contributed by atoms with Crippen LogP contribution in [0.15, 0.2) is 28.9 Å². The number of pyridine rings is 1. The number of hydrogen-bond acceptors (Lipinski definition) is 4. The number of nitrogens with zero attached hydrogens (tertiary/aromatic N) is 2. The first-order chi connectivity index (χ1) is 10.2. The van der Waals surface area contributed by atoms with E-state index >= 15 is 0 Å². The SMILES string of the molecule is C[C@H]1[C@H](NC(=O)c2cc3ccncc3o2)C2CCN1CC2. The molecular formula is C16H19N3O2. The van der Waals surface area contributed by atoms with E-state index in [2.05, 4.69) is 22.1 Å². The summed E-state index contributed by atoms with van der Waals surface area (Å²) < 4.78 is 5.60. The summed E-state index contributed by atoms with van der Waals surface area (Å²) >= 11 is 0. The summed E-state index contributed by atoms with van der Waals surface area (Å²) in [6, 6.07) is 4.28. The minimum Gasteiger partial charge on any atom is -0.449 e. The molecular weight excluding hydrogens is 266 g/mol. The van der Waals surface area contributed by atoms with Crippen molar-refractivity contribution in [3.05, 3.63) is 30.3 Å². The van der Waals surface area contributed by atoms with Gasteiger partial charge in [0.05, 0.1) is 6.20 Å². The van der Waals surface area contributed by atoms with E-state index in [0.29, 0.717) is 23.3 Å². The zero-order chi connectivity index (χ0) is 14.4. The van der Waals surface area contributed by atoms with Gasteiger partial charge in [0, 0.05) is 23.7 Å². The van der Waals surface area contributed by atoms with Crippen molar-refractivity contribution in [3.63, 3.8) is 0 Å². The van der Waals surface area contributed by atoms with Crippen LogP contribution in [0.4, 0.5) is 0 Å². The summed E-state index contributed by atoms with van der Waals surface area (Å²) in [4.78, 5) is 18.9. The molecule has 5 nitrogen and oxygen atoms in total. The topological polar surface area (TPSA) is 58.4 Å². The van der Waals surface area contributed by atoms with Crippen LogP contribution in [0, 0.1) is 5.92 Å². The summed E-state index contributed by atoms with van der Waals surface area (Å²) in [5.74, 6) is 0.860. The largest absolute Gasteiger partial charge is 0.449 e. The average molecular weight is 285 g/mol. The van der Waals surface area contributed by atoms with Crippen LogP contribution < -0.4 is 5.32 Å². The normalized spacial score (nSPS) is 31.5. The van der Waals surface area contributed by atoms with Crippen LogP contribution in [0.5, 0.6) is 0 Å². The molecule has 3 aliphatic rings. The number of fused-ring (bicyclic) bond motifs is 4. The van der Waals surface area contributed by atoms with E-state index in [1.165, 1.54) is 12.8 Å². The molecule has 0 radical (unpaired) electrons. The fourth-order valence-corrected chi connectivity index (χ4v) is 3.76. The fourth-order valence-electron chi connectivity index (χ4n) is 3.76. The molecule has 2 aromatic heterocycles. The number of aromatic nitrogens is 1. The van der Waals surface area contributed by atoms with Gasteiger partial charge in [-0.3, -0.25) is 14.7 Å². The summed E-state index contributed by atoms with van der Waals surface area (Å²) in [7, 11) is 0. The molecule has 3 fully saturated rings. The Morgan fingerprint density at radius 1 is 1.43 bits per heavy atom. The standard InChI is InChI=1S/C16H19N3O2/c1-10-15(11-3-6-19(10)7-4-11)18-16(20)13-8-12-2-5-17-9-14(12)21-13/h2,5,8-11,15H,3-4,6-7H2,1H3,(H,18,20)/t10-,15-/m0/s1. The maximum absolute atomic E-state index is 12.5. The van der Waals surface area contributed by atoms with Gasteiger partial charge in [0.2, 0.25) is 0 Å². The first-order valence-electron chi connectivity index (χ1n) is 7.61. The van der Waals surface area contributed by atoms with Crippen LogP contribution in [0.25, 0.3) is 11.0 Å². The maximum atomic E-state index is 12.5. The number of hydrogen-bond donors (Lipinski definition) is 1. The number of furan rings is 1. The molecule has 2 atom stereocenters. The van der Waals surface area contributed by atoms with Gasteiger partial charge in [-0.1, -0.05) is 0 Å². The van der Waals surface area contributed by atoms with Gasteiger partial charge in [-0.25, -0.2) is 0 Å². The van der Waals surface area contributed by atoms with E-state index in [9.17, 15) is 4.79 Å². The van der Waals surface area contributed by atoms with Gasteiger partial charge in [0.25, 0.3) is 5.91 Å². The molecule has 5 heteroatoms. The van der Waals surface area contributed by atoms with Crippen LogP contribution in [-0.2, 0) is 0 Å². The number of piperidine rings is 3. The summed E-state index contributed by atoms with van der Waals surface area (Å²) in [6.45, 7) is 4.53. The number of carbonyl (C=O) groups excluding carboxylic acids is 1. The van der Waals surface area contributed by atoms with E-state index in [1.807, 2.05) is 6.07 Å². The highest BCUT2D eigenvalue weighted by molar-refractivity contribution is 5.96. The molecule has 0 aliphatic carbocycles. The number of nitrogens with one attached hydrogen (secondary N) is 1. The third kappa shape index (κ3) is 2.12. The number of rotatable bonds is 2. The van der Waals surface area contributed by atoms with E-state index < -0.39 is 0 Å². The molecule has 1 N–H and O–H groups in total. The lowest BCUT2D eigenvalue weighted by molar-refractivity contribution is 0.0212. The molecule has 5 heterocycles. The molecule has 0 unspecified atom stereocenters. The third-order valence-electron chi connectivity index (χ3n) is 5.02. The molecule has 1 amide bonds. The van der Waals surface area contributed by atoms with E-state index in [1.54, 1.807) is 18.5 Å². The maximum Gasteiger partial charge on any atom is 0.287 e. The Bertz CT molecular complexity index is 638. The van der Waals surface area contributed by atoms with Crippen molar-refractivity contribution in [2.24, 2.45) is 5.92 Å². The highest BCUT2D eigenvalue weighted by Crippen LogP contribution is 2.32. The van der Waals surface area contributed by atoms with Crippen molar-refractivity contribution in [1.82, 2.24) is 15.2 Å². The second-order valence-corrected chi connectivity index (χ2v) is 6.14. The smallest absolute Gasteiger partial charge is 0.287 e. The van der Waals surface area contributed by atoms with Crippen LogP contribution in [0.3, 0.4) is 0 Å². The van der Waals surface area contributed by atoms with Gasteiger partial charge in [0.15, 0.2) is 11.3 Å². The van der Waals surface area contributed by atoms with Crippen molar-refractivity contribution < 1.29 is 9.21 Å². The summed E-state index contributed by atoms with van der Waals surface area (Å²) in [5, 5.41) is 4.10. The van der Waals surface area contributed by atoms with Crippen LogP contribution in [0.2, 0.25) is 0 Å².